The van der Waals surface area contributed by atoms with Crippen molar-refractivity contribution in [2.24, 2.45) is 10.1 Å². The Morgan fingerprint density at radius 2 is 2.14 bits per heavy atom. The summed E-state index contributed by atoms with van der Waals surface area (Å²) in [6, 6.07) is 8.00. The summed E-state index contributed by atoms with van der Waals surface area (Å²) in [4.78, 5) is 3.79. The fourth-order valence-corrected chi connectivity index (χ4v) is 4.46. The molecule has 1 aromatic rings. The summed E-state index contributed by atoms with van der Waals surface area (Å²) in [6.07, 6.45) is 0. The van der Waals surface area contributed by atoms with Gasteiger partial charge in [-0.25, -0.2) is 5.20 Å². The molecule has 7 heteroatoms. The second-order valence-corrected chi connectivity index (χ2v) is 7.88. The summed E-state index contributed by atoms with van der Waals surface area (Å²) in [5.41, 5.74) is 1.23. The lowest BCUT2D eigenvalue weighted by atomic mass is 10.2. The number of hydrogen-bond donors (Lipinski definition) is 1. The molecule has 0 fully saturated rings. The zero-order valence-electron chi connectivity index (χ0n) is 7.45. The van der Waals surface area contributed by atoms with Crippen LogP contribution >= 0.6 is 23.6 Å². The Morgan fingerprint density at radius 3 is 2.79 bits per heavy atom. The first-order valence-corrected chi connectivity index (χ1v) is 8.37. The van der Waals surface area contributed by atoms with Crippen molar-refractivity contribution in [1.82, 2.24) is 5.20 Å². The molecule has 0 bridgehead atoms. The molecule has 1 unspecified atom stereocenters. The molecule has 1 heterocycles. The number of benzene rings is 1. The number of nitrogens with zero attached hydrogens (tertiary/aromatic N) is 2. The standard InChI is InChI=1S/C7H8N3OP3/c1-6-2-4-7(5-3-6)11-14-10-8-9-12-13-14/h2-5H,1H3,(H,9,10). The van der Waals surface area contributed by atoms with Gasteiger partial charge in [0.1, 0.15) is 13.8 Å². The second-order valence-electron chi connectivity index (χ2n) is 2.65. The fourth-order valence-electron chi connectivity index (χ4n) is 0.890. The van der Waals surface area contributed by atoms with Crippen molar-refractivity contribution in [3.8, 4) is 5.75 Å². The van der Waals surface area contributed by atoms with Crippen LogP contribution < -0.4 is 9.72 Å². The van der Waals surface area contributed by atoms with Gasteiger partial charge in [0.25, 0.3) is 7.99 Å². The highest BCUT2D eigenvalue weighted by molar-refractivity contribution is 8.29. The molecule has 0 amide bonds. The summed E-state index contributed by atoms with van der Waals surface area (Å²) in [7, 11) is 1.37. The minimum atomic E-state index is -0.708. The van der Waals surface area contributed by atoms with Crippen LogP contribution in [-0.2, 0) is 0 Å². The third-order valence-corrected chi connectivity index (χ3v) is 6.27. The minimum absolute atomic E-state index is 0.708. The van der Waals surface area contributed by atoms with Crippen molar-refractivity contribution >= 4 is 23.6 Å². The molecule has 4 nitrogen and oxygen atoms in total. The lowest BCUT2D eigenvalue weighted by Crippen LogP contribution is -1.97. The molecule has 0 saturated carbocycles. The highest BCUT2D eigenvalue weighted by atomic mass is 32.2. The monoisotopic (exact) mass is 243 g/mol. The second kappa shape index (κ2) is 4.79. The van der Waals surface area contributed by atoms with Crippen molar-refractivity contribution in [3.05, 3.63) is 29.8 Å². The molecule has 0 saturated heterocycles. The van der Waals surface area contributed by atoms with Crippen molar-refractivity contribution in [1.29, 1.82) is 0 Å². The first-order valence-electron chi connectivity index (χ1n) is 3.96. The number of hydrogen-bond acceptors (Lipinski definition) is 4. The van der Waals surface area contributed by atoms with Gasteiger partial charge in [0.15, 0.2) is 0 Å². The Labute approximate surface area is 86.4 Å². The molecule has 14 heavy (non-hydrogen) atoms. The average Bonchev–Trinajstić information content (AvgIpc) is 2.23. The average molecular weight is 243 g/mol. The van der Waals surface area contributed by atoms with Gasteiger partial charge in [0.2, 0.25) is 0 Å². The number of rotatable bonds is 2. The molecule has 1 N–H and O–H groups in total. The molecule has 0 spiro atoms. The van der Waals surface area contributed by atoms with E-state index in [-0.39, 0.29) is 0 Å². The molecule has 1 aliphatic heterocycles. The van der Waals surface area contributed by atoms with Crippen LogP contribution in [0.1, 0.15) is 5.56 Å². The maximum Gasteiger partial charge on any atom is 0.268 e. The van der Waals surface area contributed by atoms with E-state index >= 15 is 0 Å². The summed E-state index contributed by atoms with van der Waals surface area (Å²) >= 11 is 0. The Kier molecular flexibility index (Phi) is 3.42. The normalized spacial score (nSPS) is 21.4. The third kappa shape index (κ3) is 2.72. The van der Waals surface area contributed by atoms with Crippen molar-refractivity contribution in [3.63, 3.8) is 0 Å². The lowest BCUT2D eigenvalue weighted by Gasteiger charge is -2.12. The van der Waals surface area contributed by atoms with Crippen LogP contribution in [0.2, 0.25) is 0 Å². The Hall–Kier alpha value is -0.550. The molecular formula is C7H8N3OP3. The van der Waals surface area contributed by atoms with E-state index in [0.717, 1.165) is 21.3 Å². The van der Waals surface area contributed by atoms with E-state index in [1.54, 1.807) is 0 Å². The van der Waals surface area contributed by atoms with E-state index in [0.29, 0.717) is 0 Å². The first-order chi connectivity index (χ1) is 6.84. The van der Waals surface area contributed by atoms with Crippen LogP contribution in [0.25, 0.3) is 0 Å². The van der Waals surface area contributed by atoms with Gasteiger partial charge in [-0.3, -0.25) is 0 Å². The van der Waals surface area contributed by atoms with Gasteiger partial charge in [-0.05, 0) is 19.1 Å². The first kappa shape index (κ1) is 9.98. The van der Waals surface area contributed by atoms with Crippen LogP contribution in [0.15, 0.2) is 34.4 Å². The molecule has 1 aliphatic rings. The maximum atomic E-state index is 5.69. The summed E-state index contributed by atoms with van der Waals surface area (Å²) in [5.74, 6) is 0.883. The quantitative estimate of drug-likeness (QED) is 0.787. The Morgan fingerprint density at radius 1 is 1.36 bits per heavy atom. The van der Waals surface area contributed by atoms with Gasteiger partial charge >= 0.3 is 0 Å². The zero-order valence-corrected chi connectivity index (χ0v) is 10.1. The van der Waals surface area contributed by atoms with Crippen molar-refractivity contribution in [2.45, 2.75) is 6.92 Å². The minimum Gasteiger partial charge on any atom is -0.445 e. The molecule has 72 valence electrons. The van der Waals surface area contributed by atoms with Crippen LogP contribution in [0.3, 0.4) is 0 Å². The maximum absolute atomic E-state index is 5.69. The number of nitrogens with one attached hydrogen (secondary N) is 1. The third-order valence-electron chi connectivity index (χ3n) is 1.55. The van der Waals surface area contributed by atoms with E-state index in [9.17, 15) is 0 Å². The van der Waals surface area contributed by atoms with Crippen LogP contribution in [0.4, 0.5) is 0 Å². The Balaban J connectivity index is 2.00. The van der Waals surface area contributed by atoms with Gasteiger partial charge in [0, 0.05) is 7.56 Å². The largest absolute Gasteiger partial charge is 0.445 e. The lowest BCUT2D eigenvalue weighted by molar-refractivity contribution is 0.612. The van der Waals surface area contributed by atoms with E-state index in [4.69, 9.17) is 4.52 Å². The van der Waals surface area contributed by atoms with Crippen LogP contribution in [0.5, 0.6) is 5.75 Å². The van der Waals surface area contributed by atoms with Crippen molar-refractivity contribution in [2.75, 3.05) is 0 Å². The Bertz CT molecular complexity index is 365. The van der Waals surface area contributed by atoms with Crippen LogP contribution in [-0.4, -0.2) is 0 Å². The van der Waals surface area contributed by atoms with Gasteiger partial charge in [-0.15, -0.1) is 4.88 Å². The molecule has 2 rings (SSSR count). The van der Waals surface area contributed by atoms with E-state index in [1.807, 2.05) is 24.3 Å². The van der Waals surface area contributed by atoms with Gasteiger partial charge < -0.3 is 4.52 Å². The molecule has 0 radical (unpaired) electrons. The van der Waals surface area contributed by atoms with Gasteiger partial charge in [-0.2, -0.15) is 0 Å². The van der Waals surface area contributed by atoms with E-state index in [1.165, 1.54) is 5.56 Å². The SMILES string of the molecule is Cc1ccc(OP2NN=NP=P2)cc1. The fraction of sp³-hybridized carbons (Fsp3) is 0.143. The highest BCUT2D eigenvalue weighted by Crippen LogP contribution is 2.54. The van der Waals surface area contributed by atoms with Gasteiger partial charge in [0.05, 0.1) is 0 Å². The molecule has 0 aliphatic carbocycles. The predicted octanol–water partition coefficient (Wildman–Crippen LogP) is 4.29. The summed E-state index contributed by atoms with van der Waals surface area (Å²) in [6.45, 7) is 2.05. The van der Waals surface area contributed by atoms with Crippen LogP contribution in [0, 0.1) is 6.92 Å². The molecular weight excluding hydrogens is 235 g/mol. The van der Waals surface area contributed by atoms with Crippen molar-refractivity contribution < 1.29 is 4.52 Å². The molecule has 1 aromatic carbocycles. The summed E-state index contributed by atoms with van der Waals surface area (Å²) in [5, 5.41) is 6.60. The smallest absolute Gasteiger partial charge is 0.268 e. The number of aryl methyl sites for hydroxylation is 1. The summed E-state index contributed by atoms with van der Waals surface area (Å²) < 4.78 is 5.69. The van der Waals surface area contributed by atoms with Gasteiger partial charge in [-0.1, -0.05) is 22.9 Å². The highest BCUT2D eigenvalue weighted by Gasteiger charge is 2.09. The predicted molar refractivity (Wildman–Crippen MR) is 60.6 cm³/mol. The van der Waals surface area contributed by atoms with E-state index < -0.39 is 7.99 Å². The zero-order chi connectivity index (χ0) is 9.80. The van der Waals surface area contributed by atoms with E-state index in [2.05, 4.69) is 22.2 Å². The molecule has 1 atom stereocenters. The molecule has 0 aromatic heterocycles. The topological polar surface area (TPSA) is 46.0 Å².